The van der Waals surface area contributed by atoms with E-state index in [1.54, 1.807) is 12.1 Å². The second kappa shape index (κ2) is 7.62. The lowest BCUT2D eigenvalue weighted by molar-refractivity contribution is -0.115. The number of amides is 1. The summed E-state index contributed by atoms with van der Waals surface area (Å²) in [5, 5.41) is 6.53. The molecule has 112 valence electrons. The van der Waals surface area contributed by atoms with Crippen molar-refractivity contribution < 1.29 is 4.79 Å². The molecule has 4 nitrogen and oxygen atoms in total. The van der Waals surface area contributed by atoms with Crippen molar-refractivity contribution in [3.63, 3.8) is 0 Å². The highest BCUT2D eigenvalue weighted by Gasteiger charge is 2.18. The van der Waals surface area contributed by atoms with Gasteiger partial charge in [-0.25, -0.2) is 0 Å². The van der Waals surface area contributed by atoms with Crippen LogP contribution in [0.2, 0.25) is 5.02 Å². The van der Waals surface area contributed by atoms with E-state index in [-0.39, 0.29) is 17.9 Å². The molecule has 1 amide bonds. The van der Waals surface area contributed by atoms with Crippen LogP contribution in [0.1, 0.15) is 13.8 Å². The molecule has 0 heterocycles. The molecule has 5 heteroatoms. The number of rotatable bonds is 7. The number of anilines is 1. The van der Waals surface area contributed by atoms with Gasteiger partial charge in [0, 0.05) is 13.1 Å². The van der Waals surface area contributed by atoms with E-state index in [1.807, 2.05) is 26.2 Å². The van der Waals surface area contributed by atoms with Crippen molar-refractivity contribution in [3.05, 3.63) is 29.3 Å². The third kappa shape index (κ3) is 6.37. The van der Waals surface area contributed by atoms with Gasteiger partial charge in [0.25, 0.3) is 0 Å². The van der Waals surface area contributed by atoms with Crippen LogP contribution < -0.4 is 10.6 Å². The third-order valence-electron chi connectivity index (χ3n) is 2.78. The normalized spacial score (nSPS) is 11.7. The van der Waals surface area contributed by atoms with Crippen LogP contribution in [0, 0.1) is 5.41 Å². The summed E-state index contributed by atoms with van der Waals surface area (Å²) < 4.78 is 0. The lowest BCUT2D eigenvalue weighted by Gasteiger charge is -2.28. The Balaban J connectivity index is 2.36. The fourth-order valence-electron chi connectivity index (χ4n) is 2.18. The molecular weight excluding hydrogens is 274 g/mol. The first kappa shape index (κ1) is 17.0. The van der Waals surface area contributed by atoms with Crippen LogP contribution in [0.3, 0.4) is 0 Å². The van der Waals surface area contributed by atoms with Gasteiger partial charge in [-0.3, -0.25) is 4.79 Å². The Bertz CT molecular complexity index is 446. The maximum absolute atomic E-state index is 11.8. The van der Waals surface area contributed by atoms with E-state index in [9.17, 15) is 4.79 Å². The molecule has 1 rings (SSSR count). The summed E-state index contributed by atoms with van der Waals surface area (Å²) in [7, 11) is 4.09. The first-order valence-electron chi connectivity index (χ1n) is 6.70. The fourth-order valence-corrected chi connectivity index (χ4v) is 2.37. The predicted molar refractivity (Wildman–Crippen MR) is 85.3 cm³/mol. The van der Waals surface area contributed by atoms with Crippen LogP contribution >= 0.6 is 11.6 Å². The molecule has 0 radical (unpaired) electrons. The van der Waals surface area contributed by atoms with Crippen molar-refractivity contribution >= 4 is 23.2 Å². The number of hydrogen-bond acceptors (Lipinski definition) is 3. The van der Waals surface area contributed by atoms with Crippen LogP contribution in [0.5, 0.6) is 0 Å². The monoisotopic (exact) mass is 297 g/mol. The molecule has 0 aliphatic rings. The Hall–Kier alpha value is -1.10. The van der Waals surface area contributed by atoms with Crippen molar-refractivity contribution in [3.8, 4) is 0 Å². The molecule has 0 aliphatic heterocycles. The van der Waals surface area contributed by atoms with Crippen molar-refractivity contribution in [2.24, 2.45) is 5.41 Å². The van der Waals surface area contributed by atoms with Gasteiger partial charge in [-0.2, -0.15) is 0 Å². The van der Waals surface area contributed by atoms with Crippen molar-refractivity contribution in [2.75, 3.05) is 39.0 Å². The summed E-state index contributed by atoms with van der Waals surface area (Å²) in [5.41, 5.74) is 0.766. The van der Waals surface area contributed by atoms with E-state index in [0.717, 1.165) is 13.1 Å². The van der Waals surface area contributed by atoms with Crippen LogP contribution in [-0.4, -0.2) is 44.5 Å². The standard InChI is InChI=1S/C15H24ClN3O/c1-15(2,11-19(3)4)10-17-9-14(20)18-13-8-6-5-7-12(13)16/h5-8,17H,9-11H2,1-4H3,(H,18,20). The van der Waals surface area contributed by atoms with Gasteiger partial charge in [0.1, 0.15) is 0 Å². The quantitative estimate of drug-likeness (QED) is 0.812. The fraction of sp³-hybridized carbons (Fsp3) is 0.533. The van der Waals surface area contributed by atoms with Crippen LogP contribution in [0.4, 0.5) is 5.69 Å². The van der Waals surface area contributed by atoms with E-state index in [2.05, 4.69) is 29.4 Å². The zero-order valence-corrected chi connectivity index (χ0v) is 13.4. The summed E-state index contributed by atoms with van der Waals surface area (Å²) in [6.45, 7) is 6.37. The summed E-state index contributed by atoms with van der Waals surface area (Å²) in [6, 6.07) is 7.22. The molecule has 2 N–H and O–H groups in total. The minimum absolute atomic E-state index is 0.0845. The molecule has 0 unspecified atom stereocenters. The number of para-hydroxylation sites is 1. The Morgan fingerprint density at radius 1 is 1.30 bits per heavy atom. The van der Waals surface area contributed by atoms with Gasteiger partial charge in [-0.05, 0) is 31.6 Å². The summed E-state index contributed by atoms with van der Waals surface area (Å²) >= 11 is 5.99. The summed E-state index contributed by atoms with van der Waals surface area (Å²) in [5.74, 6) is -0.0845. The summed E-state index contributed by atoms with van der Waals surface area (Å²) in [4.78, 5) is 14.0. The lowest BCUT2D eigenvalue weighted by Crippen LogP contribution is -2.40. The first-order valence-corrected chi connectivity index (χ1v) is 7.08. The Labute approximate surface area is 126 Å². The first-order chi connectivity index (χ1) is 9.30. The second-order valence-corrected chi connectivity index (χ2v) is 6.44. The minimum Gasteiger partial charge on any atom is -0.324 e. The number of carbonyl (C=O) groups excluding carboxylic acids is 1. The van der Waals surface area contributed by atoms with Gasteiger partial charge in [-0.15, -0.1) is 0 Å². The van der Waals surface area contributed by atoms with E-state index in [4.69, 9.17) is 11.6 Å². The molecule has 1 aromatic carbocycles. The predicted octanol–water partition coefficient (Wildman–Crippen LogP) is 2.46. The molecular formula is C15H24ClN3O. The average Bonchev–Trinajstić information content (AvgIpc) is 2.30. The van der Waals surface area contributed by atoms with E-state index < -0.39 is 0 Å². The van der Waals surface area contributed by atoms with E-state index in [0.29, 0.717) is 10.7 Å². The molecule has 0 aliphatic carbocycles. The Morgan fingerprint density at radius 2 is 1.95 bits per heavy atom. The van der Waals surface area contributed by atoms with Gasteiger partial charge in [0.05, 0.1) is 17.3 Å². The highest BCUT2D eigenvalue weighted by molar-refractivity contribution is 6.33. The zero-order chi connectivity index (χ0) is 15.2. The topological polar surface area (TPSA) is 44.4 Å². The maximum atomic E-state index is 11.8. The molecule has 0 spiro atoms. The zero-order valence-electron chi connectivity index (χ0n) is 12.7. The van der Waals surface area contributed by atoms with Gasteiger partial charge in [-0.1, -0.05) is 37.6 Å². The van der Waals surface area contributed by atoms with Crippen LogP contribution in [0.15, 0.2) is 24.3 Å². The van der Waals surface area contributed by atoms with Crippen LogP contribution in [0.25, 0.3) is 0 Å². The number of hydrogen-bond donors (Lipinski definition) is 2. The SMILES string of the molecule is CN(C)CC(C)(C)CNCC(=O)Nc1ccccc1Cl. The lowest BCUT2D eigenvalue weighted by atomic mass is 9.93. The third-order valence-corrected chi connectivity index (χ3v) is 3.11. The van der Waals surface area contributed by atoms with E-state index in [1.165, 1.54) is 0 Å². The number of benzene rings is 1. The summed E-state index contributed by atoms with van der Waals surface area (Å²) in [6.07, 6.45) is 0. The largest absolute Gasteiger partial charge is 0.324 e. The minimum atomic E-state index is -0.0845. The van der Waals surface area contributed by atoms with Crippen molar-refractivity contribution in [1.82, 2.24) is 10.2 Å². The molecule has 20 heavy (non-hydrogen) atoms. The van der Waals surface area contributed by atoms with Gasteiger partial charge in [0.15, 0.2) is 0 Å². The van der Waals surface area contributed by atoms with Gasteiger partial charge >= 0.3 is 0 Å². The molecule has 0 saturated carbocycles. The molecule has 0 aromatic heterocycles. The van der Waals surface area contributed by atoms with Crippen molar-refractivity contribution in [2.45, 2.75) is 13.8 Å². The number of halogens is 1. The number of nitrogens with zero attached hydrogens (tertiary/aromatic N) is 1. The Morgan fingerprint density at radius 3 is 2.55 bits per heavy atom. The molecule has 0 fully saturated rings. The molecule has 0 saturated heterocycles. The van der Waals surface area contributed by atoms with E-state index >= 15 is 0 Å². The number of nitrogens with one attached hydrogen (secondary N) is 2. The molecule has 1 aromatic rings. The average molecular weight is 298 g/mol. The highest BCUT2D eigenvalue weighted by Crippen LogP contribution is 2.20. The highest BCUT2D eigenvalue weighted by atomic mass is 35.5. The van der Waals surface area contributed by atoms with Crippen molar-refractivity contribution in [1.29, 1.82) is 0 Å². The molecule has 0 atom stereocenters. The Kier molecular flexibility index (Phi) is 6.46. The van der Waals surface area contributed by atoms with Gasteiger partial charge < -0.3 is 15.5 Å². The smallest absolute Gasteiger partial charge is 0.238 e. The number of carbonyl (C=O) groups is 1. The molecule has 0 bridgehead atoms. The maximum Gasteiger partial charge on any atom is 0.238 e. The van der Waals surface area contributed by atoms with Gasteiger partial charge in [0.2, 0.25) is 5.91 Å². The van der Waals surface area contributed by atoms with Crippen LogP contribution in [-0.2, 0) is 4.79 Å². The second-order valence-electron chi connectivity index (χ2n) is 6.03.